The zero-order valence-electron chi connectivity index (χ0n) is 18.0. The number of fused-ring (bicyclic) bond motifs is 1. The number of aryl methyl sites for hydroxylation is 3. The van der Waals surface area contributed by atoms with Crippen molar-refractivity contribution in [1.82, 2.24) is 24.6 Å². The third-order valence-corrected chi connectivity index (χ3v) is 5.23. The topological polar surface area (TPSA) is 62.5 Å². The molecule has 0 spiro atoms. The molecule has 29 heavy (non-hydrogen) atoms. The van der Waals surface area contributed by atoms with Gasteiger partial charge < -0.3 is 9.80 Å². The number of rotatable bonds is 2. The number of aromatic nitrogens is 5. The molecule has 0 radical (unpaired) electrons. The lowest BCUT2D eigenvalue weighted by molar-refractivity contribution is 0.516. The Labute approximate surface area is 170 Å². The third-order valence-electron chi connectivity index (χ3n) is 5.23. The van der Waals surface area contributed by atoms with Crippen molar-refractivity contribution in [2.24, 2.45) is 0 Å². The second-order valence-corrected chi connectivity index (χ2v) is 8.81. The Morgan fingerprint density at radius 3 is 2.17 bits per heavy atom. The number of piperazine rings is 1. The zero-order chi connectivity index (χ0) is 20.9. The van der Waals surface area contributed by atoms with Gasteiger partial charge in [-0.1, -0.05) is 20.8 Å². The van der Waals surface area contributed by atoms with Crippen LogP contribution in [0, 0.1) is 26.6 Å². The van der Waals surface area contributed by atoms with Crippen molar-refractivity contribution in [1.29, 1.82) is 0 Å². The molecular formula is C21H28FN7. The molecule has 0 aromatic carbocycles. The van der Waals surface area contributed by atoms with Crippen LogP contribution in [-0.2, 0) is 5.41 Å². The van der Waals surface area contributed by atoms with Crippen LogP contribution in [0.4, 0.5) is 16.0 Å². The molecule has 1 aliphatic heterocycles. The van der Waals surface area contributed by atoms with Crippen molar-refractivity contribution >= 4 is 17.3 Å². The maximum atomic E-state index is 14.8. The number of hydrogen-bond acceptors (Lipinski definition) is 6. The Balaban J connectivity index is 1.60. The van der Waals surface area contributed by atoms with Crippen LogP contribution in [0.25, 0.3) is 5.65 Å². The van der Waals surface area contributed by atoms with Gasteiger partial charge in [-0.05, 0) is 20.8 Å². The molecule has 0 amide bonds. The van der Waals surface area contributed by atoms with Gasteiger partial charge in [0.2, 0.25) is 0 Å². The lowest BCUT2D eigenvalue weighted by Crippen LogP contribution is -2.48. The summed E-state index contributed by atoms with van der Waals surface area (Å²) in [5.41, 5.74) is 2.93. The van der Waals surface area contributed by atoms with Crippen molar-refractivity contribution in [3.8, 4) is 0 Å². The second-order valence-electron chi connectivity index (χ2n) is 8.81. The fourth-order valence-electron chi connectivity index (χ4n) is 3.66. The average Bonchev–Trinajstić information content (AvgIpc) is 3.02. The van der Waals surface area contributed by atoms with Gasteiger partial charge in [0.25, 0.3) is 0 Å². The van der Waals surface area contributed by atoms with Gasteiger partial charge in [0.1, 0.15) is 11.6 Å². The molecule has 0 aliphatic carbocycles. The summed E-state index contributed by atoms with van der Waals surface area (Å²) < 4.78 is 16.7. The van der Waals surface area contributed by atoms with E-state index in [1.807, 2.05) is 50.1 Å². The van der Waals surface area contributed by atoms with E-state index >= 15 is 0 Å². The first-order chi connectivity index (χ1) is 13.6. The Kier molecular flexibility index (Phi) is 4.67. The van der Waals surface area contributed by atoms with Crippen molar-refractivity contribution in [3.05, 3.63) is 40.9 Å². The Bertz CT molecular complexity index is 1060. The highest BCUT2D eigenvalue weighted by Gasteiger charge is 2.27. The molecular weight excluding hydrogens is 369 g/mol. The molecule has 4 heterocycles. The van der Waals surface area contributed by atoms with E-state index in [2.05, 4.69) is 31.0 Å². The number of halogens is 1. The van der Waals surface area contributed by atoms with Gasteiger partial charge in [0.05, 0.1) is 11.4 Å². The molecule has 154 valence electrons. The van der Waals surface area contributed by atoms with E-state index < -0.39 is 0 Å². The van der Waals surface area contributed by atoms with Crippen LogP contribution in [0.2, 0.25) is 0 Å². The van der Waals surface area contributed by atoms with E-state index in [1.165, 1.54) is 0 Å². The highest BCUT2D eigenvalue weighted by atomic mass is 19.1. The predicted octanol–water partition coefficient (Wildman–Crippen LogP) is 3.21. The predicted molar refractivity (Wildman–Crippen MR) is 112 cm³/mol. The molecule has 3 aromatic rings. The fraction of sp³-hybridized carbons (Fsp3) is 0.524. The lowest BCUT2D eigenvalue weighted by Gasteiger charge is -2.37. The van der Waals surface area contributed by atoms with Crippen LogP contribution in [0.1, 0.15) is 43.7 Å². The molecule has 1 fully saturated rings. The summed E-state index contributed by atoms with van der Waals surface area (Å²) in [5.74, 6) is 1.78. The summed E-state index contributed by atoms with van der Waals surface area (Å²) >= 11 is 0. The second kappa shape index (κ2) is 6.93. The summed E-state index contributed by atoms with van der Waals surface area (Å²) in [7, 11) is 0. The van der Waals surface area contributed by atoms with Crippen LogP contribution < -0.4 is 9.80 Å². The summed E-state index contributed by atoms with van der Waals surface area (Å²) in [4.78, 5) is 17.8. The van der Waals surface area contributed by atoms with E-state index in [0.717, 1.165) is 35.9 Å². The number of nitrogens with zero attached hydrogens (tertiary/aromatic N) is 7. The zero-order valence-corrected chi connectivity index (χ0v) is 18.0. The van der Waals surface area contributed by atoms with Crippen molar-refractivity contribution in [3.63, 3.8) is 0 Å². The van der Waals surface area contributed by atoms with Crippen LogP contribution in [0.15, 0.2) is 12.1 Å². The van der Waals surface area contributed by atoms with Crippen LogP contribution in [0.3, 0.4) is 0 Å². The summed E-state index contributed by atoms with van der Waals surface area (Å²) in [5, 5.41) is 4.59. The summed E-state index contributed by atoms with van der Waals surface area (Å²) in [6, 6.07) is 4.04. The molecule has 1 aliphatic rings. The van der Waals surface area contributed by atoms with Crippen molar-refractivity contribution < 1.29 is 4.39 Å². The number of hydrogen-bond donors (Lipinski definition) is 0. The van der Waals surface area contributed by atoms with E-state index in [-0.39, 0.29) is 11.2 Å². The molecule has 0 unspecified atom stereocenters. The van der Waals surface area contributed by atoms with Crippen LogP contribution in [-0.4, -0.2) is 50.7 Å². The van der Waals surface area contributed by atoms with Gasteiger partial charge in [0.15, 0.2) is 17.3 Å². The SMILES string of the molecule is Cc1cc(N2CCN(c3nc(C(C)(C)C)nc(C)c3F)CC2)n2nc(C)cc2n1. The molecule has 0 bridgehead atoms. The quantitative estimate of drug-likeness (QED) is 0.662. The van der Waals surface area contributed by atoms with Gasteiger partial charge in [-0.2, -0.15) is 9.61 Å². The minimum absolute atomic E-state index is 0.229. The Morgan fingerprint density at radius 2 is 1.52 bits per heavy atom. The lowest BCUT2D eigenvalue weighted by atomic mass is 9.95. The average molecular weight is 398 g/mol. The van der Waals surface area contributed by atoms with Crippen LogP contribution >= 0.6 is 0 Å². The van der Waals surface area contributed by atoms with E-state index in [4.69, 9.17) is 0 Å². The van der Waals surface area contributed by atoms with E-state index in [1.54, 1.807) is 6.92 Å². The highest BCUT2D eigenvalue weighted by Crippen LogP contribution is 2.27. The van der Waals surface area contributed by atoms with Crippen molar-refractivity contribution in [2.45, 2.75) is 47.0 Å². The largest absolute Gasteiger partial charge is 0.353 e. The van der Waals surface area contributed by atoms with Gasteiger partial charge in [0, 0.05) is 49.4 Å². The standard InChI is InChI=1S/C21H28FN7/c1-13-12-17(29-16(23-13)11-14(2)26-29)27-7-9-28(10-8-27)19-18(22)15(3)24-20(25-19)21(4,5)6/h11-12H,7-10H2,1-6H3. The first-order valence-corrected chi connectivity index (χ1v) is 10.0. The maximum Gasteiger partial charge on any atom is 0.186 e. The molecule has 1 saturated heterocycles. The molecule has 0 saturated carbocycles. The Hall–Kier alpha value is -2.77. The Morgan fingerprint density at radius 1 is 0.862 bits per heavy atom. The summed E-state index contributed by atoms with van der Waals surface area (Å²) in [6.45, 7) is 14.7. The smallest absolute Gasteiger partial charge is 0.186 e. The maximum absolute atomic E-state index is 14.8. The summed E-state index contributed by atoms with van der Waals surface area (Å²) in [6.07, 6.45) is 0. The normalized spacial score (nSPS) is 15.4. The highest BCUT2D eigenvalue weighted by molar-refractivity contribution is 5.53. The number of anilines is 2. The molecule has 0 N–H and O–H groups in total. The fourth-order valence-corrected chi connectivity index (χ4v) is 3.66. The molecule has 0 atom stereocenters. The van der Waals surface area contributed by atoms with Crippen LogP contribution in [0.5, 0.6) is 0 Å². The van der Waals surface area contributed by atoms with E-state index in [9.17, 15) is 4.39 Å². The van der Waals surface area contributed by atoms with Gasteiger partial charge in [-0.25, -0.2) is 19.3 Å². The van der Waals surface area contributed by atoms with E-state index in [0.29, 0.717) is 30.4 Å². The minimum Gasteiger partial charge on any atom is -0.353 e. The van der Waals surface area contributed by atoms with Gasteiger partial charge in [-0.15, -0.1) is 0 Å². The first kappa shape index (κ1) is 19.5. The van der Waals surface area contributed by atoms with Gasteiger partial charge in [-0.3, -0.25) is 0 Å². The monoisotopic (exact) mass is 397 g/mol. The molecule has 3 aromatic heterocycles. The molecule has 7 nitrogen and oxygen atoms in total. The molecule has 8 heteroatoms. The molecule has 4 rings (SSSR count). The first-order valence-electron chi connectivity index (χ1n) is 10.0. The van der Waals surface area contributed by atoms with Crippen molar-refractivity contribution in [2.75, 3.05) is 36.0 Å². The minimum atomic E-state index is -0.323. The van der Waals surface area contributed by atoms with Gasteiger partial charge >= 0.3 is 0 Å². The third kappa shape index (κ3) is 3.63.